The van der Waals surface area contributed by atoms with Crippen molar-refractivity contribution in [2.45, 2.75) is 19.8 Å². The van der Waals surface area contributed by atoms with Gasteiger partial charge in [0.2, 0.25) is 5.91 Å². The fourth-order valence-electron chi connectivity index (χ4n) is 3.21. The van der Waals surface area contributed by atoms with Crippen LogP contribution in [0.15, 0.2) is 36.7 Å². The van der Waals surface area contributed by atoms with Gasteiger partial charge in [-0.25, -0.2) is 9.78 Å². The van der Waals surface area contributed by atoms with Gasteiger partial charge in [-0.1, -0.05) is 23.2 Å². The number of nitrogens with zero attached hydrogens (tertiary/aromatic N) is 2. The number of hydrogen-bond acceptors (Lipinski definition) is 4. The Morgan fingerprint density at radius 2 is 1.84 bits per heavy atom. The van der Waals surface area contributed by atoms with E-state index >= 15 is 0 Å². The van der Waals surface area contributed by atoms with Gasteiger partial charge in [0, 0.05) is 35.9 Å². The van der Waals surface area contributed by atoms with Gasteiger partial charge in [0.25, 0.3) is 5.91 Å². The average molecular weight is 460 g/mol. The average Bonchev–Trinajstić information content (AvgIpc) is 3.47. The fraction of sp³-hybridized carbons (Fsp3) is 0.238. The summed E-state index contributed by atoms with van der Waals surface area (Å²) in [6.45, 7) is 2.25. The van der Waals surface area contributed by atoms with E-state index in [1.165, 1.54) is 22.9 Å². The predicted octanol–water partition coefficient (Wildman–Crippen LogP) is 4.52. The molecule has 2 heterocycles. The van der Waals surface area contributed by atoms with Gasteiger partial charge in [0.05, 0.1) is 21.1 Å². The van der Waals surface area contributed by atoms with Gasteiger partial charge in [-0.2, -0.15) is 0 Å². The third-order valence-corrected chi connectivity index (χ3v) is 5.47. The fourth-order valence-corrected chi connectivity index (χ4v) is 3.86. The Morgan fingerprint density at radius 1 is 1.13 bits per heavy atom. The second kappa shape index (κ2) is 8.56. The molecule has 1 aromatic carbocycles. The van der Waals surface area contributed by atoms with E-state index in [1.54, 1.807) is 25.3 Å². The molecule has 10 heteroatoms. The minimum absolute atomic E-state index is 0.0323. The number of halogens is 2. The molecule has 2 aromatic heterocycles. The largest absolute Gasteiger partial charge is 0.338 e. The quantitative estimate of drug-likeness (QED) is 0.521. The zero-order valence-electron chi connectivity index (χ0n) is 16.5. The summed E-state index contributed by atoms with van der Waals surface area (Å²) in [4.78, 5) is 41.3. The molecule has 4 rings (SSSR count). The number of hydrogen-bond donors (Lipinski definition) is 3. The predicted molar refractivity (Wildman–Crippen MR) is 120 cm³/mol. The van der Waals surface area contributed by atoms with E-state index in [2.05, 4.69) is 20.9 Å². The van der Waals surface area contributed by atoms with E-state index in [4.69, 9.17) is 23.2 Å². The van der Waals surface area contributed by atoms with E-state index in [0.717, 1.165) is 12.8 Å². The van der Waals surface area contributed by atoms with Crippen molar-refractivity contribution in [1.82, 2.24) is 14.9 Å². The van der Waals surface area contributed by atoms with Crippen molar-refractivity contribution in [3.8, 4) is 0 Å². The van der Waals surface area contributed by atoms with E-state index in [-0.39, 0.29) is 27.4 Å². The molecule has 1 saturated carbocycles. The molecule has 0 aliphatic heterocycles. The van der Waals surface area contributed by atoms with Crippen molar-refractivity contribution in [2.75, 3.05) is 17.2 Å². The Morgan fingerprint density at radius 3 is 2.48 bits per heavy atom. The Labute approximate surface area is 187 Å². The van der Waals surface area contributed by atoms with Crippen LogP contribution in [0.3, 0.4) is 0 Å². The summed E-state index contributed by atoms with van der Waals surface area (Å²) in [7, 11) is 0. The Balaban J connectivity index is 1.65. The van der Waals surface area contributed by atoms with Crippen LogP contribution in [-0.4, -0.2) is 33.9 Å². The van der Waals surface area contributed by atoms with E-state index in [1.807, 2.05) is 0 Å². The van der Waals surface area contributed by atoms with Crippen LogP contribution in [0, 0.1) is 5.92 Å². The van der Waals surface area contributed by atoms with Crippen molar-refractivity contribution in [1.29, 1.82) is 0 Å². The molecule has 8 nitrogen and oxygen atoms in total. The molecule has 1 aliphatic rings. The van der Waals surface area contributed by atoms with Crippen molar-refractivity contribution < 1.29 is 14.4 Å². The van der Waals surface area contributed by atoms with Crippen LogP contribution in [0.25, 0.3) is 10.9 Å². The monoisotopic (exact) mass is 459 g/mol. The highest BCUT2D eigenvalue weighted by Crippen LogP contribution is 2.33. The summed E-state index contributed by atoms with van der Waals surface area (Å²) in [5.74, 6) is -0.0786. The molecular formula is C21H19Cl2N5O3. The lowest BCUT2D eigenvalue weighted by Gasteiger charge is -2.12. The van der Waals surface area contributed by atoms with Gasteiger partial charge in [-0.3, -0.25) is 14.2 Å². The smallest absolute Gasteiger partial charge is 0.319 e. The number of pyridine rings is 1. The maximum atomic E-state index is 13.2. The van der Waals surface area contributed by atoms with Crippen LogP contribution < -0.4 is 16.0 Å². The first-order chi connectivity index (χ1) is 14.9. The van der Waals surface area contributed by atoms with Gasteiger partial charge in [-0.15, -0.1) is 0 Å². The van der Waals surface area contributed by atoms with Gasteiger partial charge in [-0.05, 0) is 44.0 Å². The summed E-state index contributed by atoms with van der Waals surface area (Å²) >= 11 is 12.7. The summed E-state index contributed by atoms with van der Waals surface area (Å²) in [6, 6.07) is 5.90. The minimum Gasteiger partial charge on any atom is -0.338 e. The number of aromatic nitrogens is 2. The topological polar surface area (TPSA) is 105 Å². The van der Waals surface area contributed by atoms with Crippen molar-refractivity contribution in [3.05, 3.63) is 52.3 Å². The SMILES string of the molecule is CCNC(=O)Nc1cc(Cl)c(C(=O)n2ccc3c(NC(=O)C4CC4)nccc32)c(Cl)c1. The van der Waals surface area contributed by atoms with Gasteiger partial charge in [0.15, 0.2) is 0 Å². The van der Waals surface area contributed by atoms with Crippen LogP contribution in [0.2, 0.25) is 10.0 Å². The van der Waals surface area contributed by atoms with E-state index < -0.39 is 11.9 Å². The maximum Gasteiger partial charge on any atom is 0.319 e. The molecule has 0 radical (unpaired) electrons. The second-order valence-electron chi connectivity index (χ2n) is 7.15. The first kappa shape index (κ1) is 21.1. The molecule has 3 N–H and O–H groups in total. The standard InChI is InChI=1S/C21H19Cl2N5O3/c1-2-24-21(31)26-12-9-14(22)17(15(23)10-12)20(30)28-8-6-13-16(28)5-7-25-18(13)27-19(29)11-3-4-11/h5-11H,2-4H2,1H3,(H2,24,26,31)(H,25,27,29). The maximum absolute atomic E-state index is 13.2. The lowest BCUT2D eigenvalue weighted by Crippen LogP contribution is -2.28. The van der Waals surface area contributed by atoms with Crippen molar-refractivity contribution >= 4 is 63.5 Å². The first-order valence-electron chi connectivity index (χ1n) is 9.74. The highest BCUT2D eigenvalue weighted by atomic mass is 35.5. The van der Waals surface area contributed by atoms with Crippen LogP contribution in [0.4, 0.5) is 16.3 Å². The molecular weight excluding hydrogens is 441 g/mol. The number of nitrogens with one attached hydrogen (secondary N) is 3. The highest BCUT2D eigenvalue weighted by molar-refractivity contribution is 6.40. The molecule has 0 bridgehead atoms. The number of benzene rings is 1. The van der Waals surface area contributed by atoms with Gasteiger partial charge < -0.3 is 16.0 Å². The lowest BCUT2D eigenvalue weighted by molar-refractivity contribution is -0.117. The number of amides is 3. The molecule has 1 aliphatic carbocycles. The summed E-state index contributed by atoms with van der Waals surface area (Å²) in [5.41, 5.74) is 1.02. The second-order valence-corrected chi connectivity index (χ2v) is 7.96. The molecule has 160 valence electrons. The molecule has 0 unspecified atom stereocenters. The number of fused-ring (bicyclic) bond motifs is 1. The lowest BCUT2D eigenvalue weighted by atomic mass is 10.1. The molecule has 1 fully saturated rings. The molecule has 0 spiro atoms. The number of carbonyl (C=O) groups excluding carboxylic acids is 3. The van der Waals surface area contributed by atoms with E-state index in [9.17, 15) is 14.4 Å². The highest BCUT2D eigenvalue weighted by Gasteiger charge is 2.30. The summed E-state index contributed by atoms with van der Waals surface area (Å²) < 4.78 is 1.40. The Hall–Kier alpha value is -3.10. The zero-order valence-corrected chi connectivity index (χ0v) is 18.0. The van der Waals surface area contributed by atoms with E-state index in [0.29, 0.717) is 29.0 Å². The van der Waals surface area contributed by atoms with Crippen molar-refractivity contribution in [3.63, 3.8) is 0 Å². The zero-order chi connectivity index (χ0) is 22.1. The van der Waals surface area contributed by atoms with Crippen LogP contribution in [0.1, 0.15) is 30.1 Å². The van der Waals surface area contributed by atoms with Gasteiger partial charge in [0.1, 0.15) is 5.82 Å². The minimum atomic E-state index is -0.444. The summed E-state index contributed by atoms with van der Waals surface area (Å²) in [5, 5.41) is 8.86. The molecule has 31 heavy (non-hydrogen) atoms. The first-order valence-corrected chi connectivity index (χ1v) is 10.5. The molecule has 0 saturated heterocycles. The summed E-state index contributed by atoms with van der Waals surface area (Å²) in [6.07, 6.45) is 4.86. The van der Waals surface area contributed by atoms with Crippen LogP contribution in [0.5, 0.6) is 0 Å². The Kier molecular flexibility index (Phi) is 5.84. The number of urea groups is 1. The Bertz CT molecular complexity index is 1180. The number of rotatable bonds is 5. The third kappa shape index (κ3) is 4.35. The molecule has 3 aromatic rings. The molecule has 0 atom stereocenters. The van der Waals surface area contributed by atoms with Gasteiger partial charge >= 0.3 is 6.03 Å². The third-order valence-electron chi connectivity index (χ3n) is 4.88. The number of carbonyl (C=O) groups is 3. The number of anilines is 2. The normalized spacial score (nSPS) is 13.1. The van der Waals surface area contributed by atoms with Crippen LogP contribution in [-0.2, 0) is 4.79 Å². The van der Waals surface area contributed by atoms with Crippen LogP contribution >= 0.6 is 23.2 Å². The van der Waals surface area contributed by atoms with Crippen molar-refractivity contribution in [2.24, 2.45) is 5.92 Å². The molecule has 3 amide bonds.